The molecule has 0 bridgehead atoms. The van der Waals surface area contributed by atoms with Gasteiger partial charge in [0.25, 0.3) is 0 Å². The first-order chi connectivity index (χ1) is 7.81. The summed E-state index contributed by atoms with van der Waals surface area (Å²) >= 11 is 5.59. The molecular weight excluding hydrogens is 230 g/mol. The van der Waals surface area contributed by atoms with Gasteiger partial charge in [-0.15, -0.1) is 11.6 Å². The molecule has 0 saturated carbocycles. The first-order valence-electron chi connectivity index (χ1n) is 5.02. The first kappa shape index (κ1) is 11.0. The van der Waals surface area contributed by atoms with Crippen molar-refractivity contribution in [1.82, 2.24) is 14.8 Å². The van der Waals surface area contributed by atoms with E-state index in [0.29, 0.717) is 17.3 Å². The van der Waals surface area contributed by atoms with Crippen LogP contribution in [0.15, 0.2) is 23.1 Å². The molecule has 0 saturated heterocycles. The lowest BCUT2D eigenvalue weighted by Crippen LogP contribution is -1.95. The Bertz CT molecular complexity index is 452. The summed E-state index contributed by atoms with van der Waals surface area (Å²) in [5.74, 6) is 0.915. The van der Waals surface area contributed by atoms with Crippen LogP contribution in [0.2, 0.25) is 0 Å². The monoisotopic (exact) mass is 241 g/mol. The molecule has 2 aromatic rings. The Hall–Kier alpha value is -1.49. The molecule has 2 aromatic heterocycles. The predicted molar refractivity (Wildman–Crippen MR) is 58.7 cm³/mol. The Kier molecular flexibility index (Phi) is 3.46. The second-order valence-corrected chi connectivity index (χ2v) is 3.55. The van der Waals surface area contributed by atoms with Crippen LogP contribution in [-0.4, -0.2) is 14.8 Å². The minimum absolute atomic E-state index is 0.187. The van der Waals surface area contributed by atoms with E-state index in [1.807, 2.05) is 0 Å². The van der Waals surface area contributed by atoms with Crippen LogP contribution in [0.3, 0.4) is 0 Å². The van der Waals surface area contributed by atoms with Crippen molar-refractivity contribution >= 4 is 11.6 Å². The zero-order chi connectivity index (χ0) is 11.4. The fourth-order valence-corrected chi connectivity index (χ4v) is 1.37. The van der Waals surface area contributed by atoms with E-state index < -0.39 is 0 Å². The normalized spacial score (nSPS) is 10.6. The summed E-state index contributed by atoms with van der Waals surface area (Å²) in [5, 5.41) is 4.13. The van der Waals surface area contributed by atoms with Gasteiger partial charge in [-0.05, 0) is 6.42 Å². The van der Waals surface area contributed by atoms with Crippen molar-refractivity contribution < 1.29 is 9.15 Å². The van der Waals surface area contributed by atoms with Gasteiger partial charge in [0.05, 0.1) is 24.0 Å². The van der Waals surface area contributed by atoms with E-state index >= 15 is 0 Å². The van der Waals surface area contributed by atoms with Crippen molar-refractivity contribution in [3.63, 3.8) is 0 Å². The largest absolute Gasteiger partial charge is 0.417 e. The van der Waals surface area contributed by atoms with Crippen LogP contribution in [-0.2, 0) is 12.4 Å². The Morgan fingerprint density at radius 2 is 2.44 bits per heavy atom. The SMILES string of the molecule is CCCn1cc(Oc2nc(CCl)co2)cn1. The molecule has 0 aliphatic rings. The van der Waals surface area contributed by atoms with Crippen molar-refractivity contribution in [1.29, 1.82) is 0 Å². The van der Waals surface area contributed by atoms with Crippen LogP contribution in [0.5, 0.6) is 11.8 Å². The van der Waals surface area contributed by atoms with E-state index in [2.05, 4.69) is 17.0 Å². The molecule has 0 aliphatic heterocycles. The number of aryl methyl sites for hydroxylation is 1. The molecule has 0 aromatic carbocycles. The van der Waals surface area contributed by atoms with Gasteiger partial charge in [-0.3, -0.25) is 4.68 Å². The van der Waals surface area contributed by atoms with Gasteiger partial charge in [0.15, 0.2) is 5.75 Å². The number of halogens is 1. The number of hydrogen-bond donors (Lipinski definition) is 0. The molecule has 16 heavy (non-hydrogen) atoms. The number of aromatic nitrogens is 3. The van der Waals surface area contributed by atoms with Gasteiger partial charge in [-0.1, -0.05) is 6.92 Å². The van der Waals surface area contributed by atoms with Crippen molar-refractivity contribution in [3.05, 3.63) is 24.4 Å². The number of nitrogens with zero attached hydrogens (tertiary/aromatic N) is 3. The van der Waals surface area contributed by atoms with E-state index in [4.69, 9.17) is 20.8 Å². The average Bonchev–Trinajstić information content (AvgIpc) is 2.89. The highest BCUT2D eigenvalue weighted by atomic mass is 35.5. The molecule has 0 unspecified atom stereocenters. The van der Waals surface area contributed by atoms with Crippen LogP contribution < -0.4 is 4.74 Å². The lowest BCUT2D eigenvalue weighted by atomic mass is 10.5. The molecular formula is C10H12ClN3O2. The number of hydrogen-bond acceptors (Lipinski definition) is 4. The zero-order valence-electron chi connectivity index (χ0n) is 8.89. The quantitative estimate of drug-likeness (QED) is 0.756. The summed E-state index contributed by atoms with van der Waals surface area (Å²) < 4.78 is 12.2. The number of oxazole rings is 1. The molecule has 0 spiro atoms. The van der Waals surface area contributed by atoms with Crippen LogP contribution in [0.1, 0.15) is 19.0 Å². The van der Waals surface area contributed by atoms with Gasteiger partial charge in [-0.25, -0.2) is 0 Å². The van der Waals surface area contributed by atoms with Crippen LogP contribution in [0, 0.1) is 0 Å². The minimum Gasteiger partial charge on any atom is -0.417 e. The minimum atomic E-state index is 0.187. The summed E-state index contributed by atoms with van der Waals surface area (Å²) in [6.07, 6.45) is 6.11. The first-order valence-corrected chi connectivity index (χ1v) is 5.56. The second kappa shape index (κ2) is 5.03. The molecule has 0 N–H and O–H groups in total. The number of rotatable bonds is 5. The molecule has 6 heteroatoms. The van der Waals surface area contributed by atoms with E-state index in [1.54, 1.807) is 17.1 Å². The van der Waals surface area contributed by atoms with Gasteiger partial charge >= 0.3 is 6.08 Å². The van der Waals surface area contributed by atoms with E-state index in [9.17, 15) is 0 Å². The smallest absolute Gasteiger partial charge is 0.399 e. The van der Waals surface area contributed by atoms with Crippen molar-refractivity contribution in [2.45, 2.75) is 25.8 Å². The standard InChI is InChI=1S/C10H12ClN3O2/c1-2-3-14-6-9(5-12-14)16-10-13-8(4-11)7-15-10/h5-7H,2-4H2,1H3. The summed E-state index contributed by atoms with van der Waals surface area (Å²) in [6, 6.07) is 0. The molecule has 5 nitrogen and oxygen atoms in total. The third kappa shape index (κ3) is 2.55. The molecule has 0 amide bonds. The summed E-state index contributed by atoms with van der Waals surface area (Å²) in [4.78, 5) is 4.02. The van der Waals surface area contributed by atoms with Crippen LogP contribution in [0.4, 0.5) is 0 Å². The molecule has 0 atom stereocenters. The van der Waals surface area contributed by atoms with Gasteiger partial charge in [0.2, 0.25) is 0 Å². The lowest BCUT2D eigenvalue weighted by molar-refractivity contribution is 0.330. The fourth-order valence-electron chi connectivity index (χ4n) is 1.25. The fraction of sp³-hybridized carbons (Fsp3) is 0.400. The van der Waals surface area contributed by atoms with E-state index in [1.165, 1.54) is 6.26 Å². The maximum absolute atomic E-state index is 5.59. The van der Waals surface area contributed by atoms with Crippen LogP contribution in [0.25, 0.3) is 0 Å². The Labute approximate surface area is 98.0 Å². The molecule has 2 rings (SSSR count). The van der Waals surface area contributed by atoms with Crippen molar-refractivity contribution in [2.75, 3.05) is 0 Å². The van der Waals surface area contributed by atoms with Crippen LogP contribution >= 0.6 is 11.6 Å². The molecule has 0 aliphatic carbocycles. The second-order valence-electron chi connectivity index (χ2n) is 3.28. The summed E-state index contributed by atoms with van der Waals surface area (Å²) in [6.45, 7) is 2.95. The number of alkyl halides is 1. The summed E-state index contributed by atoms with van der Waals surface area (Å²) in [5.41, 5.74) is 0.651. The predicted octanol–water partition coefficient (Wildman–Crippen LogP) is 2.81. The van der Waals surface area contributed by atoms with Gasteiger partial charge in [0, 0.05) is 6.54 Å². The lowest BCUT2D eigenvalue weighted by Gasteiger charge is -1.95. The Balaban J connectivity index is 2.02. The molecule has 2 heterocycles. The topological polar surface area (TPSA) is 53.1 Å². The van der Waals surface area contributed by atoms with Crippen molar-refractivity contribution in [2.24, 2.45) is 0 Å². The zero-order valence-corrected chi connectivity index (χ0v) is 9.65. The highest BCUT2D eigenvalue weighted by molar-refractivity contribution is 6.16. The highest BCUT2D eigenvalue weighted by Crippen LogP contribution is 2.20. The van der Waals surface area contributed by atoms with Crippen molar-refractivity contribution in [3.8, 4) is 11.8 Å². The molecule has 86 valence electrons. The summed E-state index contributed by atoms with van der Waals surface area (Å²) in [7, 11) is 0. The third-order valence-corrected chi connectivity index (χ3v) is 2.21. The Morgan fingerprint density at radius 3 is 3.12 bits per heavy atom. The third-order valence-electron chi connectivity index (χ3n) is 1.94. The average molecular weight is 242 g/mol. The van der Waals surface area contributed by atoms with Gasteiger partial charge in [-0.2, -0.15) is 10.1 Å². The van der Waals surface area contributed by atoms with Gasteiger partial charge < -0.3 is 9.15 Å². The number of ether oxygens (including phenoxy) is 1. The molecule has 0 fully saturated rings. The van der Waals surface area contributed by atoms with Gasteiger partial charge in [0.1, 0.15) is 6.26 Å². The maximum atomic E-state index is 5.59. The van der Waals surface area contributed by atoms with E-state index in [0.717, 1.165) is 13.0 Å². The highest BCUT2D eigenvalue weighted by Gasteiger charge is 2.07. The maximum Gasteiger partial charge on any atom is 0.399 e. The van der Waals surface area contributed by atoms with E-state index in [-0.39, 0.29) is 6.08 Å². The Morgan fingerprint density at radius 1 is 1.56 bits per heavy atom. The molecule has 0 radical (unpaired) electrons.